The first-order valence-electron chi connectivity index (χ1n) is 10.1. The summed E-state index contributed by atoms with van der Waals surface area (Å²) < 4.78 is 10.7. The fourth-order valence-corrected chi connectivity index (χ4v) is 3.59. The van der Waals surface area contributed by atoms with Crippen LogP contribution in [0.2, 0.25) is 0 Å². The molecule has 0 atom stereocenters. The zero-order valence-electron chi connectivity index (χ0n) is 16.8. The lowest BCUT2D eigenvalue weighted by Gasteiger charge is -2.26. The predicted octanol–water partition coefficient (Wildman–Crippen LogP) is 3.38. The molecule has 1 aliphatic heterocycles. The Kier molecular flexibility index (Phi) is 5.34. The molecule has 3 aromatic heterocycles. The van der Waals surface area contributed by atoms with Crippen molar-refractivity contribution in [1.29, 1.82) is 0 Å². The number of amides is 1. The first-order valence-corrected chi connectivity index (χ1v) is 10.1. The molecule has 0 unspecified atom stereocenters. The number of aromatic nitrogens is 3. The molecular formula is C22H22N6O3. The van der Waals surface area contributed by atoms with Gasteiger partial charge in [-0.05, 0) is 29.8 Å². The van der Waals surface area contributed by atoms with E-state index in [2.05, 4.69) is 30.7 Å². The smallest absolute Gasteiger partial charge is 0.278 e. The highest BCUT2D eigenvalue weighted by Crippen LogP contribution is 2.27. The largest absolute Gasteiger partial charge is 0.446 e. The van der Waals surface area contributed by atoms with Crippen LogP contribution in [0.4, 0.5) is 17.1 Å². The molecule has 9 nitrogen and oxygen atoms in total. The Balaban J connectivity index is 1.26. The number of nitrogens with one attached hydrogen (secondary N) is 3. The predicted molar refractivity (Wildman–Crippen MR) is 116 cm³/mol. The number of aromatic amines is 1. The number of ether oxygens (including phenoxy) is 1. The molecule has 5 rings (SSSR count). The summed E-state index contributed by atoms with van der Waals surface area (Å²) in [6.07, 6.45) is 4.87. The molecule has 1 aromatic carbocycles. The molecule has 3 N–H and O–H groups in total. The van der Waals surface area contributed by atoms with E-state index in [-0.39, 0.29) is 11.6 Å². The van der Waals surface area contributed by atoms with E-state index in [1.807, 2.05) is 36.4 Å². The van der Waals surface area contributed by atoms with Crippen LogP contribution in [0.3, 0.4) is 0 Å². The first-order chi connectivity index (χ1) is 15.3. The number of fused-ring (bicyclic) bond motifs is 1. The van der Waals surface area contributed by atoms with Gasteiger partial charge in [-0.15, -0.1) is 0 Å². The Morgan fingerprint density at radius 2 is 1.94 bits per heavy atom. The van der Waals surface area contributed by atoms with E-state index < -0.39 is 0 Å². The summed E-state index contributed by atoms with van der Waals surface area (Å²) in [4.78, 5) is 19.3. The number of morpholine rings is 1. The van der Waals surface area contributed by atoms with Gasteiger partial charge in [0, 0.05) is 37.7 Å². The maximum Gasteiger partial charge on any atom is 0.278 e. The van der Waals surface area contributed by atoms with Crippen molar-refractivity contribution in [2.24, 2.45) is 0 Å². The van der Waals surface area contributed by atoms with Crippen LogP contribution in [0.25, 0.3) is 11.1 Å². The molecule has 0 aliphatic carbocycles. The second-order valence-corrected chi connectivity index (χ2v) is 7.31. The van der Waals surface area contributed by atoms with Crippen LogP contribution < -0.4 is 10.6 Å². The highest BCUT2D eigenvalue weighted by Gasteiger charge is 2.17. The van der Waals surface area contributed by atoms with Crippen LogP contribution in [0.15, 0.2) is 59.5 Å². The molecule has 0 saturated carbocycles. The summed E-state index contributed by atoms with van der Waals surface area (Å²) in [7, 11) is 0. The van der Waals surface area contributed by atoms with E-state index in [0.29, 0.717) is 17.1 Å². The number of benzene rings is 1. The molecule has 0 bridgehead atoms. The molecule has 31 heavy (non-hydrogen) atoms. The molecule has 0 radical (unpaired) electrons. The van der Waals surface area contributed by atoms with Gasteiger partial charge in [0.1, 0.15) is 0 Å². The monoisotopic (exact) mass is 418 g/mol. The van der Waals surface area contributed by atoms with Crippen LogP contribution in [0, 0.1) is 0 Å². The number of pyridine rings is 1. The van der Waals surface area contributed by atoms with Crippen LogP contribution in [-0.2, 0) is 11.3 Å². The van der Waals surface area contributed by atoms with Gasteiger partial charge in [0.15, 0.2) is 5.69 Å². The third-order valence-corrected chi connectivity index (χ3v) is 5.21. The van der Waals surface area contributed by atoms with Crippen molar-refractivity contribution in [3.8, 4) is 0 Å². The third-order valence-electron chi connectivity index (χ3n) is 5.21. The fourth-order valence-electron chi connectivity index (χ4n) is 3.59. The summed E-state index contributed by atoms with van der Waals surface area (Å²) in [5, 5.41) is 13.8. The summed E-state index contributed by atoms with van der Waals surface area (Å²) >= 11 is 0. The van der Waals surface area contributed by atoms with E-state index in [0.717, 1.165) is 43.9 Å². The summed E-state index contributed by atoms with van der Waals surface area (Å²) in [5.41, 5.74) is 4.05. The topological polar surface area (TPSA) is 108 Å². The summed E-state index contributed by atoms with van der Waals surface area (Å²) in [5.74, 6) is -0.304. The number of anilines is 3. The van der Waals surface area contributed by atoms with Gasteiger partial charge < -0.3 is 19.8 Å². The Bertz CT molecular complexity index is 1180. The molecule has 0 spiro atoms. The lowest BCUT2D eigenvalue weighted by Crippen LogP contribution is -2.35. The van der Waals surface area contributed by atoms with Gasteiger partial charge in [0.2, 0.25) is 5.71 Å². The first kappa shape index (κ1) is 19.3. The lowest BCUT2D eigenvalue weighted by molar-refractivity contribution is 0.0342. The van der Waals surface area contributed by atoms with Crippen LogP contribution in [-0.4, -0.2) is 52.3 Å². The van der Waals surface area contributed by atoms with Crippen LogP contribution >= 0.6 is 0 Å². The molecule has 158 valence electrons. The molecular weight excluding hydrogens is 396 g/mol. The molecule has 1 fully saturated rings. The van der Waals surface area contributed by atoms with E-state index in [1.165, 1.54) is 5.56 Å². The van der Waals surface area contributed by atoms with Crippen molar-refractivity contribution in [2.45, 2.75) is 6.54 Å². The maximum absolute atomic E-state index is 12.8. The van der Waals surface area contributed by atoms with E-state index in [1.54, 1.807) is 18.7 Å². The van der Waals surface area contributed by atoms with Crippen molar-refractivity contribution in [1.82, 2.24) is 20.1 Å². The standard InChI is InChI=1S/C22H22N6O3/c29-21(25-16-3-1-15(2-4-16)14-28-8-11-30-12-9-28)20-19(13-24-27-20)26-18-5-7-23-22-17(18)6-10-31-22/h1-7,10,13H,8-9,11-12,14H2,(H,23,26)(H,24,27)(H,25,29). The average molecular weight is 418 g/mol. The summed E-state index contributed by atoms with van der Waals surface area (Å²) in [6, 6.07) is 11.5. The normalized spacial score (nSPS) is 14.6. The van der Waals surface area contributed by atoms with Gasteiger partial charge in [-0.2, -0.15) is 5.10 Å². The van der Waals surface area contributed by atoms with Crippen molar-refractivity contribution in [2.75, 3.05) is 36.9 Å². The van der Waals surface area contributed by atoms with Crippen molar-refractivity contribution in [3.63, 3.8) is 0 Å². The minimum absolute atomic E-state index is 0.269. The van der Waals surface area contributed by atoms with Crippen LogP contribution in [0.1, 0.15) is 16.1 Å². The fraction of sp³-hybridized carbons (Fsp3) is 0.227. The molecule has 1 saturated heterocycles. The summed E-state index contributed by atoms with van der Waals surface area (Å²) in [6.45, 7) is 4.31. The maximum atomic E-state index is 12.8. The SMILES string of the molecule is O=C(Nc1ccc(CN2CCOCC2)cc1)c1n[nH]cc1Nc1ccnc2occc12. The van der Waals surface area contributed by atoms with Gasteiger partial charge in [-0.1, -0.05) is 12.1 Å². The lowest BCUT2D eigenvalue weighted by atomic mass is 10.2. The van der Waals surface area contributed by atoms with Crippen molar-refractivity contribution in [3.05, 3.63) is 66.3 Å². The number of hydrogen-bond acceptors (Lipinski definition) is 7. The van der Waals surface area contributed by atoms with Gasteiger partial charge in [0.05, 0.1) is 36.2 Å². The van der Waals surface area contributed by atoms with Crippen molar-refractivity contribution < 1.29 is 13.9 Å². The number of carbonyl (C=O) groups is 1. The number of hydrogen-bond donors (Lipinski definition) is 3. The van der Waals surface area contributed by atoms with E-state index in [9.17, 15) is 4.79 Å². The van der Waals surface area contributed by atoms with Gasteiger partial charge in [-0.3, -0.25) is 14.8 Å². The quantitative estimate of drug-likeness (QED) is 0.440. The number of carbonyl (C=O) groups excluding carboxylic acids is 1. The third kappa shape index (κ3) is 4.27. The number of furan rings is 1. The van der Waals surface area contributed by atoms with Crippen molar-refractivity contribution >= 4 is 34.1 Å². The zero-order chi connectivity index (χ0) is 21.0. The van der Waals surface area contributed by atoms with Gasteiger partial charge in [0.25, 0.3) is 5.91 Å². The molecule has 1 amide bonds. The Morgan fingerprint density at radius 3 is 2.77 bits per heavy atom. The van der Waals surface area contributed by atoms with E-state index >= 15 is 0 Å². The number of H-pyrrole nitrogens is 1. The second-order valence-electron chi connectivity index (χ2n) is 7.31. The minimum Gasteiger partial charge on any atom is -0.446 e. The number of rotatable bonds is 6. The van der Waals surface area contributed by atoms with Crippen LogP contribution in [0.5, 0.6) is 0 Å². The molecule has 4 heterocycles. The Labute approximate surface area is 178 Å². The van der Waals surface area contributed by atoms with Gasteiger partial charge in [-0.25, -0.2) is 4.98 Å². The van der Waals surface area contributed by atoms with E-state index in [4.69, 9.17) is 9.15 Å². The second kappa shape index (κ2) is 8.58. The highest BCUT2D eigenvalue weighted by atomic mass is 16.5. The molecule has 9 heteroatoms. The molecule has 4 aromatic rings. The number of nitrogens with zero attached hydrogens (tertiary/aromatic N) is 3. The van der Waals surface area contributed by atoms with Gasteiger partial charge >= 0.3 is 0 Å². The zero-order valence-corrected chi connectivity index (χ0v) is 16.8. The molecule has 1 aliphatic rings. The average Bonchev–Trinajstić information content (AvgIpc) is 3.46. The Morgan fingerprint density at radius 1 is 1.10 bits per heavy atom. The highest BCUT2D eigenvalue weighted by molar-refractivity contribution is 6.07. The Hall–Kier alpha value is -3.69. The minimum atomic E-state index is -0.304.